The van der Waals surface area contributed by atoms with Gasteiger partial charge in [-0.1, -0.05) is 0 Å². The Bertz CT molecular complexity index is 576. The quantitative estimate of drug-likeness (QED) is 0.385. The molecule has 0 aliphatic rings. The van der Waals surface area contributed by atoms with Crippen LogP contribution in [0.25, 0.3) is 6.08 Å². The largest absolute Gasteiger partial charge is 0.478 e. The summed E-state index contributed by atoms with van der Waals surface area (Å²) < 4.78 is 4.53. The van der Waals surface area contributed by atoms with Gasteiger partial charge in [-0.15, -0.1) is 0 Å². The molecule has 1 aromatic carbocycles. The van der Waals surface area contributed by atoms with Crippen molar-refractivity contribution in [1.29, 1.82) is 0 Å². The number of nitrogens with zero attached hydrogens (tertiary/aromatic N) is 1. The van der Waals surface area contributed by atoms with Gasteiger partial charge in [-0.2, -0.15) is 0 Å². The fraction of sp³-hybridized carbons (Fsp3) is 0.167. The second-order valence-electron chi connectivity index (χ2n) is 3.63. The highest BCUT2D eigenvalue weighted by atomic mass is 16.6. The van der Waals surface area contributed by atoms with Gasteiger partial charge in [0.1, 0.15) is 0 Å². The molecule has 0 bridgehead atoms. The van der Waals surface area contributed by atoms with Gasteiger partial charge in [0.05, 0.1) is 17.6 Å². The van der Waals surface area contributed by atoms with E-state index in [2.05, 4.69) is 4.74 Å². The van der Waals surface area contributed by atoms with Gasteiger partial charge in [-0.05, 0) is 24.6 Å². The van der Waals surface area contributed by atoms with Crippen LogP contribution in [0.5, 0.6) is 0 Å². The molecule has 0 fully saturated rings. The van der Waals surface area contributed by atoms with Crippen molar-refractivity contribution in [3.05, 3.63) is 45.0 Å². The number of methoxy groups -OCH3 is 1. The van der Waals surface area contributed by atoms with Crippen molar-refractivity contribution >= 4 is 23.7 Å². The molecular weight excluding hydrogens is 254 g/mol. The first kappa shape index (κ1) is 14.4. The van der Waals surface area contributed by atoms with Crippen molar-refractivity contribution in [3.63, 3.8) is 0 Å². The Hall–Kier alpha value is -2.70. The van der Waals surface area contributed by atoms with Crippen LogP contribution in [-0.2, 0) is 9.53 Å². The van der Waals surface area contributed by atoms with Gasteiger partial charge in [0.2, 0.25) is 0 Å². The lowest BCUT2D eigenvalue weighted by atomic mass is 10.0. The number of esters is 1. The van der Waals surface area contributed by atoms with E-state index in [9.17, 15) is 19.7 Å². The molecule has 1 N–H and O–H groups in total. The molecule has 0 saturated heterocycles. The molecule has 19 heavy (non-hydrogen) atoms. The molecule has 0 aliphatic heterocycles. The van der Waals surface area contributed by atoms with E-state index in [0.717, 1.165) is 13.2 Å². The van der Waals surface area contributed by atoms with Crippen LogP contribution in [0.2, 0.25) is 0 Å². The average Bonchev–Trinajstić information content (AvgIpc) is 2.36. The Morgan fingerprint density at radius 3 is 2.53 bits per heavy atom. The summed E-state index contributed by atoms with van der Waals surface area (Å²) in [6, 6.07) is 2.54. The molecule has 0 heterocycles. The van der Waals surface area contributed by atoms with Crippen LogP contribution in [-0.4, -0.2) is 29.1 Å². The number of nitro benzene ring substituents is 1. The number of benzene rings is 1. The number of rotatable bonds is 4. The zero-order valence-corrected chi connectivity index (χ0v) is 10.2. The second kappa shape index (κ2) is 5.76. The lowest BCUT2D eigenvalue weighted by Gasteiger charge is -2.06. The van der Waals surface area contributed by atoms with Crippen molar-refractivity contribution in [1.82, 2.24) is 0 Å². The standard InChI is InChI=1S/C12H11NO6/c1-7-9(12(16)19-2)5-8(3-4-11(14)15)6-10(7)13(17)18/h3-6H,1-2H3,(H,14,15). The SMILES string of the molecule is COC(=O)c1cc(C=CC(=O)O)cc([N+](=O)[O-])c1C. The monoisotopic (exact) mass is 265 g/mol. The van der Waals surface area contributed by atoms with Gasteiger partial charge in [-0.3, -0.25) is 10.1 Å². The third-order valence-electron chi connectivity index (χ3n) is 2.42. The number of nitro groups is 1. The molecule has 0 saturated carbocycles. The van der Waals surface area contributed by atoms with E-state index in [4.69, 9.17) is 5.11 Å². The van der Waals surface area contributed by atoms with Gasteiger partial charge in [-0.25, -0.2) is 9.59 Å². The van der Waals surface area contributed by atoms with E-state index in [0.29, 0.717) is 0 Å². The molecule has 0 atom stereocenters. The molecule has 7 heteroatoms. The lowest BCUT2D eigenvalue weighted by Crippen LogP contribution is -2.06. The highest BCUT2D eigenvalue weighted by molar-refractivity contribution is 5.93. The Labute approximate surface area is 108 Å². The molecule has 1 rings (SSSR count). The molecule has 0 aliphatic carbocycles. The van der Waals surface area contributed by atoms with Gasteiger partial charge >= 0.3 is 11.9 Å². The minimum Gasteiger partial charge on any atom is -0.478 e. The van der Waals surface area contributed by atoms with Crippen molar-refractivity contribution in [3.8, 4) is 0 Å². The van der Waals surface area contributed by atoms with E-state index in [1.165, 1.54) is 25.1 Å². The van der Waals surface area contributed by atoms with E-state index in [1.807, 2.05) is 0 Å². The molecule has 0 unspecified atom stereocenters. The van der Waals surface area contributed by atoms with Gasteiger partial charge < -0.3 is 9.84 Å². The Balaban J connectivity index is 3.43. The predicted molar refractivity (Wildman–Crippen MR) is 65.8 cm³/mol. The second-order valence-corrected chi connectivity index (χ2v) is 3.63. The first-order valence-electron chi connectivity index (χ1n) is 5.15. The maximum absolute atomic E-state index is 11.5. The summed E-state index contributed by atoms with van der Waals surface area (Å²) in [6.45, 7) is 1.43. The molecule has 0 spiro atoms. The highest BCUT2D eigenvalue weighted by Crippen LogP contribution is 2.25. The third kappa shape index (κ3) is 3.38. The summed E-state index contributed by atoms with van der Waals surface area (Å²) in [6.07, 6.45) is 2.00. The minimum atomic E-state index is -1.19. The highest BCUT2D eigenvalue weighted by Gasteiger charge is 2.20. The molecule has 7 nitrogen and oxygen atoms in total. The summed E-state index contributed by atoms with van der Waals surface area (Å²) in [5.41, 5.74) is 0.166. The summed E-state index contributed by atoms with van der Waals surface area (Å²) in [4.78, 5) is 32.2. The van der Waals surface area contributed by atoms with Gasteiger partial charge in [0.25, 0.3) is 5.69 Å². The zero-order chi connectivity index (χ0) is 14.6. The molecule has 0 amide bonds. The van der Waals surface area contributed by atoms with Crippen LogP contribution >= 0.6 is 0 Å². The minimum absolute atomic E-state index is 0.0294. The van der Waals surface area contributed by atoms with E-state index < -0.39 is 16.9 Å². The van der Waals surface area contributed by atoms with E-state index in [1.54, 1.807) is 0 Å². The molecule has 0 aromatic heterocycles. The molecule has 0 radical (unpaired) electrons. The number of ether oxygens (including phenoxy) is 1. The number of carbonyl (C=O) groups is 2. The summed E-state index contributed by atoms with van der Waals surface area (Å²) in [7, 11) is 1.16. The van der Waals surface area contributed by atoms with E-state index in [-0.39, 0.29) is 22.4 Å². The fourth-order valence-corrected chi connectivity index (χ4v) is 1.50. The zero-order valence-electron chi connectivity index (χ0n) is 10.2. The number of aliphatic carboxylic acids is 1. The molecule has 1 aromatic rings. The maximum atomic E-state index is 11.5. The predicted octanol–water partition coefficient (Wildman–Crippen LogP) is 1.79. The molecular formula is C12H11NO6. The first-order chi connectivity index (χ1) is 8.86. The topological polar surface area (TPSA) is 107 Å². The number of carboxylic acid groups (broad SMARTS) is 1. The summed E-state index contributed by atoms with van der Waals surface area (Å²) in [5.74, 6) is -1.91. The Kier molecular flexibility index (Phi) is 4.36. The van der Waals surface area contributed by atoms with Gasteiger partial charge in [0.15, 0.2) is 0 Å². The van der Waals surface area contributed by atoms with Crippen LogP contribution in [0.15, 0.2) is 18.2 Å². The van der Waals surface area contributed by atoms with Crippen molar-refractivity contribution < 1.29 is 24.4 Å². The number of hydrogen-bond donors (Lipinski definition) is 1. The third-order valence-corrected chi connectivity index (χ3v) is 2.42. The van der Waals surface area contributed by atoms with Crippen LogP contribution in [0.1, 0.15) is 21.5 Å². The van der Waals surface area contributed by atoms with Crippen molar-refractivity contribution in [2.45, 2.75) is 6.92 Å². The number of hydrogen-bond acceptors (Lipinski definition) is 5. The number of carboxylic acids is 1. The van der Waals surface area contributed by atoms with Crippen molar-refractivity contribution in [2.24, 2.45) is 0 Å². The fourth-order valence-electron chi connectivity index (χ4n) is 1.50. The average molecular weight is 265 g/mol. The Morgan fingerprint density at radius 2 is 2.05 bits per heavy atom. The molecule has 100 valence electrons. The first-order valence-corrected chi connectivity index (χ1v) is 5.15. The smallest absolute Gasteiger partial charge is 0.338 e. The lowest BCUT2D eigenvalue weighted by molar-refractivity contribution is -0.385. The number of carbonyl (C=O) groups excluding carboxylic acids is 1. The van der Waals surface area contributed by atoms with Crippen molar-refractivity contribution in [2.75, 3.05) is 7.11 Å². The Morgan fingerprint density at radius 1 is 1.42 bits per heavy atom. The summed E-state index contributed by atoms with van der Waals surface area (Å²) >= 11 is 0. The van der Waals surface area contributed by atoms with Crippen LogP contribution in [0.4, 0.5) is 5.69 Å². The normalized spacial score (nSPS) is 10.4. The van der Waals surface area contributed by atoms with E-state index >= 15 is 0 Å². The maximum Gasteiger partial charge on any atom is 0.338 e. The van der Waals surface area contributed by atoms with Crippen LogP contribution in [0, 0.1) is 17.0 Å². The van der Waals surface area contributed by atoms with Crippen LogP contribution in [0.3, 0.4) is 0 Å². The van der Waals surface area contributed by atoms with Crippen LogP contribution < -0.4 is 0 Å². The van der Waals surface area contributed by atoms with Gasteiger partial charge in [0, 0.05) is 17.7 Å². The summed E-state index contributed by atoms with van der Waals surface area (Å²) in [5, 5.41) is 19.4.